The van der Waals surface area contributed by atoms with Gasteiger partial charge in [0.15, 0.2) is 0 Å². The molecule has 156 valence electrons. The predicted octanol–water partition coefficient (Wildman–Crippen LogP) is 3.53. The molecule has 1 amide bonds. The Bertz CT molecular complexity index is 1370. The Hall–Kier alpha value is -3.92. The van der Waals surface area contributed by atoms with Crippen LogP contribution in [-0.2, 0) is 10.0 Å². The molecule has 0 bridgehead atoms. The quantitative estimate of drug-likeness (QED) is 0.494. The summed E-state index contributed by atoms with van der Waals surface area (Å²) < 4.78 is 40.7. The molecule has 2 heterocycles. The van der Waals surface area contributed by atoms with E-state index in [9.17, 15) is 17.6 Å². The van der Waals surface area contributed by atoms with E-state index < -0.39 is 21.7 Å². The highest BCUT2D eigenvalue weighted by Crippen LogP contribution is 2.22. The van der Waals surface area contributed by atoms with Crippen LogP contribution in [0.15, 0.2) is 71.9 Å². The zero-order valence-corrected chi connectivity index (χ0v) is 17.0. The number of pyridine rings is 1. The summed E-state index contributed by atoms with van der Waals surface area (Å²) in [5.74, 6) is -0.909. The lowest BCUT2D eigenvalue weighted by Crippen LogP contribution is -2.15. The van der Waals surface area contributed by atoms with E-state index in [-0.39, 0.29) is 10.8 Å². The third-order valence-corrected chi connectivity index (χ3v) is 5.70. The first kappa shape index (κ1) is 20.4. The smallest absolute Gasteiger partial charge is 0.264 e. The van der Waals surface area contributed by atoms with Gasteiger partial charge in [-0.15, -0.1) is 0 Å². The standard InChI is InChI=1S/C21H16FN5O3S/c1-13-11-18(17-8-3-14(22)12-19(17)25-13)20(28)26-15-4-6-16(7-5-15)31(29,30)27-21-23-9-2-10-24-21/h2-12H,1H3,(H,26,28)(H,23,24,27). The minimum absolute atomic E-state index is 0.0152. The molecule has 0 saturated heterocycles. The van der Waals surface area contributed by atoms with Crippen molar-refractivity contribution in [1.29, 1.82) is 0 Å². The maximum Gasteiger partial charge on any atom is 0.264 e. The molecule has 4 aromatic rings. The van der Waals surface area contributed by atoms with Crippen molar-refractivity contribution in [1.82, 2.24) is 15.0 Å². The van der Waals surface area contributed by atoms with Gasteiger partial charge in [0.05, 0.1) is 16.0 Å². The number of hydrogen-bond acceptors (Lipinski definition) is 6. The Balaban J connectivity index is 1.56. The van der Waals surface area contributed by atoms with E-state index in [1.807, 2.05) is 0 Å². The molecule has 2 aromatic carbocycles. The average Bonchev–Trinajstić information content (AvgIpc) is 2.73. The van der Waals surface area contributed by atoms with Gasteiger partial charge in [0, 0.05) is 35.2 Å². The van der Waals surface area contributed by atoms with Crippen LogP contribution in [0.5, 0.6) is 0 Å². The number of aryl methyl sites for hydroxylation is 1. The van der Waals surface area contributed by atoms with Crippen molar-refractivity contribution >= 4 is 38.5 Å². The highest BCUT2D eigenvalue weighted by Gasteiger charge is 2.17. The first-order valence-electron chi connectivity index (χ1n) is 9.10. The monoisotopic (exact) mass is 437 g/mol. The number of sulfonamides is 1. The molecule has 0 aliphatic carbocycles. The van der Waals surface area contributed by atoms with Gasteiger partial charge < -0.3 is 5.32 Å². The molecule has 0 spiro atoms. The maximum atomic E-state index is 13.5. The third-order valence-electron chi connectivity index (χ3n) is 4.36. The topological polar surface area (TPSA) is 114 Å². The first-order chi connectivity index (χ1) is 14.8. The molecule has 0 aliphatic heterocycles. The van der Waals surface area contributed by atoms with Gasteiger partial charge in [0.2, 0.25) is 5.95 Å². The highest BCUT2D eigenvalue weighted by molar-refractivity contribution is 7.92. The molecule has 0 aliphatic rings. The van der Waals surface area contributed by atoms with E-state index in [0.717, 1.165) is 0 Å². The van der Waals surface area contributed by atoms with Gasteiger partial charge in [-0.05, 0) is 55.5 Å². The molecule has 0 fully saturated rings. The molecule has 31 heavy (non-hydrogen) atoms. The van der Waals surface area contributed by atoms with Crippen LogP contribution < -0.4 is 10.0 Å². The summed E-state index contributed by atoms with van der Waals surface area (Å²) in [6, 6.07) is 12.8. The van der Waals surface area contributed by atoms with Gasteiger partial charge in [-0.2, -0.15) is 0 Å². The van der Waals surface area contributed by atoms with Crippen molar-refractivity contribution in [2.75, 3.05) is 10.0 Å². The lowest BCUT2D eigenvalue weighted by atomic mass is 10.1. The van der Waals surface area contributed by atoms with Gasteiger partial charge in [-0.25, -0.2) is 27.5 Å². The van der Waals surface area contributed by atoms with Gasteiger partial charge in [-0.1, -0.05) is 0 Å². The predicted molar refractivity (Wildman–Crippen MR) is 114 cm³/mol. The number of halogens is 1. The first-order valence-corrected chi connectivity index (χ1v) is 10.6. The van der Waals surface area contributed by atoms with Crippen LogP contribution in [0.3, 0.4) is 0 Å². The van der Waals surface area contributed by atoms with E-state index >= 15 is 0 Å². The molecule has 10 heteroatoms. The molecule has 0 atom stereocenters. The number of fused-ring (bicyclic) bond motifs is 1. The lowest BCUT2D eigenvalue weighted by Gasteiger charge is -2.10. The number of aromatic nitrogens is 3. The van der Waals surface area contributed by atoms with Crippen LogP contribution in [0.4, 0.5) is 16.0 Å². The van der Waals surface area contributed by atoms with Crippen LogP contribution >= 0.6 is 0 Å². The molecule has 0 saturated carbocycles. The minimum Gasteiger partial charge on any atom is -0.322 e. The summed E-state index contributed by atoms with van der Waals surface area (Å²) in [7, 11) is -3.88. The Morgan fingerprint density at radius 2 is 1.71 bits per heavy atom. The van der Waals surface area contributed by atoms with Crippen molar-refractivity contribution in [3.05, 3.63) is 84.1 Å². The summed E-state index contributed by atoms with van der Waals surface area (Å²) in [5, 5.41) is 3.23. The van der Waals surface area contributed by atoms with Crippen molar-refractivity contribution < 1.29 is 17.6 Å². The zero-order chi connectivity index (χ0) is 22.0. The summed E-state index contributed by atoms with van der Waals surface area (Å²) in [4.78, 5) is 24.7. The number of nitrogens with one attached hydrogen (secondary N) is 2. The van der Waals surface area contributed by atoms with E-state index in [0.29, 0.717) is 27.8 Å². The fourth-order valence-electron chi connectivity index (χ4n) is 2.97. The fourth-order valence-corrected chi connectivity index (χ4v) is 3.93. The molecular formula is C21H16FN5O3S. The highest BCUT2D eigenvalue weighted by atomic mass is 32.2. The van der Waals surface area contributed by atoms with Crippen LogP contribution in [-0.4, -0.2) is 29.3 Å². The lowest BCUT2D eigenvalue weighted by molar-refractivity contribution is 0.102. The van der Waals surface area contributed by atoms with Crippen LogP contribution in [0.2, 0.25) is 0 Å². The zero-order valence-electron chi connectivity index (χ0n) is 16.2. The maximum absolute atomic E-state index is 13.5. The van der Waals surface area contributed by atoms with E-state index in [1.54, 1.807) is 19.1 Å². The summed E-state index contributed by atoms with van der Waals surface area (Å²) in [6.45, 7) is 1.71. The Morgan fingerprint density at radius 1 is 1.00 bits per heavy atom. The second kappa shape index (κ2) is 8.07. The van der Waals surface area contributed by atoms with Crippen LogP contribution in [0.25, 0.3) is 10.9 Å². The normalized spacial score (nSPS) is 11.3. The number of rotatable bonds is 5. The molecule has 2 aromatic heterocycles. The van der Waals surface area contributed by atoms with Crippen molar-refractivity contribution in [2.45, 2.75) is 11.8 Å². The third kappa shape index (κ3) is 4.48. The van der Waals surface area contributed by atoms with Crippen LogP contribution in [0.1, 0.15) is 16.1 Å². The number of benzene rings is 2. The molecule has 4 rings (SSSR count). The second-order valence-electron chi connectivity index (χ2n) is 6.63. The van der Waals surface area contributed by atoms with Gasteiger partial charge in [0.1, 0.15) is 5.82 Å². The van der Waals surface area contributed by atoms with Crippen molar-refractivity contribution in [3.63, 3.8) is 0 Å². The number of anilines is 2. The van der Waals surface area contributed by atoms with Gasteiger partial charge in [-0.3, -0.25) is 9.78 Å². The number of amides is 1. The van der Waals surface area contributed by atoms with E-state index in [1.165, 1.54) is 54.9 Å². The number of nitrogens with zero attached hydrogens (tertiary/aromatic N) is 3. The Kier molecular flexibility index (Phi) is 5.30. The van der Waals surface area contributed by atoms with Gasteiger partial charge in [0.25, 0.3) is 15.9 Å². The van der Waals surface area contributed by atoms with E-state index in [4.69, 9.17) is 0 Å². The van der Waals surface area contributed by atoms with Gasteiger partial charge >= 0.3 is 0 Å². The second-order valence-corrected chi connectivity index (χ2v) is 8.31. The Labute approximate surface area is 177 Å². The molecule has 8 nitrogen and oxygen atoms in total. The SMILES string of the molecule is Cc1cc(C(=O)Nc2ccc(S(=O)(=O)Nc3ncccn3)cc2)c2ccc(F)cc2n1. The molecule has 2 N–H and O–H groups in total. The molecule has 0 radical (unpaired) electrons. The van der Waals surface area contributed by atoms with Crippen molar-refractivity contribution in [3.8, 4) is 0 Å². The Morgan fingerprint density at radius 3 is 2.42 bits per heavy atom. The average molecular weight is 437 g/mol. The number of carbonyl (C=O) groups is 1. The number of carbonyl (C=O) groups excluding carboxylic acids is 1. The van der Waals surface area contributed by atoms with Crippen LogP contribution in [0, 0.1) is 12.7 Å². The largest absolute Gasteiger partial charge is 0.322 e. The minimum atomic E-state index is -3.88. The van der Waals surface area contributed by atoms with Crippen molar-refractivity contribution in [2.24, 2.45) is 0 Å². The van der Waals surface area contributed by atoms with E-state index in [2.05, 4.69) is 25.0 Å². The number of hydrogen-bond donors (Lipinski definition) is 2. The summed E-state index contributed by atoms with van der Waals surface area (Å²) in [6.07, 6.45) is 2.84. The molecule has 0 unspecified atom stereocenters. The summed E-state index contributed by atoms with van der Waals surface area (Å²) >= 11 is 0. The summed E-state index contributed by atoms with van der Waals surface area (Å²) in [5.41, 5.74) is 1.67. The molecular weight excluding hydrogens is 421 g/mol. The fraction of sp³-hybridized carbons (Fsp3) is 0.0476.